The predicted octanol–water partition coefficient (Wildman–Crippen LogP) is 1.44. The fraction of sp³-hybridized carbons (Fsp3) is 0.364. The number of aromatic nitrogens is 1. The van der Waals surface area contributed by atoms with Crippen molar-refractivity contribution in [1.82, 2.24) is 4.98 Å². The molecule has 0 aliphatic heterocycles. The molecule has 0 bridgehead atoms. The number of nitrogens with one attached hydrogen (secondary N) is 1. The highest BCUT2D eigenvalue weighted by Crippen LogP contribution is 2.14. The molecule has 0 saturated carbocycles. The SMILES string of the molecule is O=c1[nH]c2ccc(CCCCO)cc2o1. The average Bonchev–Trinajstić information content (AvgIpc) is 2.57. The van der Waals surface area contributed by atoms with Crippen LogP contribution in [0.2, 0.25) is 0 Å². The summed E-state index contributed by atoms with van der Waals surface area (Å²) in [7, 11) is 0. The lowest BCUT2D eigenvalue weighted by Gasteiger charge is -1.99. The van der Waals surface area contributed by atoms with Crippen molar-refractivity contribution in [1.29, 1.82) is 0 Å². The Kier molecular flexibility index (Phi) is 2.87. The van der Waals surface area contributed by atoms with Crippen LogP contribution in [-0.2, 0) is 6.42 Å². The number of unbranched alkanes of at least 4 members (excludes halogenated alkanes) is 1. The Balaban J connectivity index is 2.19. The van der Waals surface area contributed by atoms with Crippen LogP contribution in [0.25, 0.3) is 11.1 Å². The molecule has 2 rings (SSSR count). The molecule has 15 heavy (non-hydrogen) atoms. The molecule has 0 unspecified atom stereocenters. The van der Waals surface area contributed by atoms with E-state index in [2.05, 4.69) is 4.98 Å². The zero-order valence-corrected chi connectivity index (χ0v) is 8.32. The second kappa shape index (κ2) is 4.31. The van der Waals surface area contributed by atoms with E-state index in [1.54, 1.807) is 0 Å². The first-order valence-corrected chi connectivity index (χ1v) is 5.02. The van der Waals surface area contributed by atoms with Gasteiger partial charge in [0, 0.05) is 6.61 Å². The lowest BCUT2D eigenvalue weighted by molar-refractivity contribution is 0.284. The van der Waals surface area contributed by atoms with E-state index < -0.39 is 5.76 Å². The Bertz CT molecular complexity index is 498. The molecule has 0 aliphatic carbocycles. The molecule has 2 N–H and O–H groups in total. The Hall–Kier alpha value is -1.55. The predicted molar refractivity (Wildman–Crippen MR) is 56.9 cm³/mol. The number of fused-ring (bicyclic) bond motifs is 1. The highest BCUT2D eigenvalue weighted by molar-refractivity contribution is 5.72. The molecule has 0 aliphatic rings. The van der Waals surface area contributed by atoms with Gasteiger partial charge in [-0.05, 0) is 37.0 Å². The van der Waals surface area contributed by atoms with Gasteiger partial charge in [-0.15, -0.1) is 0 Å². The van der Waals surface area contributed by atoms with E-state index in [1.165, 1.54) is 0 Å². The lowest BCUT2D eigenvalue weighted by Crippen LogP contribution is -1.92. The third-order valence-electron chi connectivity index (χ3n) is 2.36. The van der Waals surface area contributed by atoms with Gasteiger partial charge in [0.05, 0.1) is 5.52 Å². The Morgan fingerprint density at radius 1 is 1.33 bits per heavy atom. The molecule has 0 amide bonds. The van der Waals surface area contributed by atoms with Gasteiger partial charge in [0.15, 0.2) is 5.58 Å². The van der Waals surface area contributed by atoms with Gasteiger partial charge < -0.3 is 9.52 Å². The maximum Gasteiger partial charge on any atom is 0.417 e. The van der Waals surface area contributed by atoms with Crippen molar-refractivity contribution in [3.63, 3.8) is 0 Å². The quantitative estimate of drug-likeness (QED) is 0.745. The number of oxazole rings is 1. The number of rotatable bonds is 4. The lowest BCUT2D eigenvalue weighted by atomic mass is 10.1. The minimum absolute atomic E-state index is 0.224. The number of aliphatic hydroxyl groups excluding tert-OH is 1. The van der Waals surface area contributed by atoms with Crippen LogP contribution in [-0.4, -0.2) is 16.7 Å². The smallest absolute Gasteiger partial charge is 0.408 e. The van der Waals surface area contributed by atoms with Crippen LogP contribution in [0.4, 0.5) is 0 Å². The summed E-state index contributed by atoms with van der Waals surface area (Å²) in [6.07, 6.45) is 2.64. The Morgan fingerprint density at radius 2 is 2.20 bits per heavy atom. The zero-order valence-electron chi connectivity index (χ0n) is 8.32. The molecule has 0 saturated heterocycles. The Morgan fingerprint density at radius 3 is 3.00 bits per heavy atom. The number of aryl methyl sites for hydroxylation is 1. The van der Waals surface area contributed by atoms with Crippen molar-refractivity contribution in [3.05, 3.63) is 34.3 Å². The minimum atomic E-state index is -0.419. The highest BCUT2D eigenvalue weighted by Gasteiger charge is 2.01. The highest BCUT2D eigenvalue weighted by atomic mass is 16.4. The van der Waals surface area contributed by atoms with E-state index in [9.17, 15) is 4.79 Å². The molecule has 1 heterocycles. The van der Waals surface area contributed by atoms with Crippen LogP contribution in [0.15, 0.2) is 27.4 Å². The first-order valence-electron chi connectivity index (χ1n) is 5.02. The summed E-state index contributed by atoms with van der Waals surface area (Å²) in [6, 6.07) is 5.67. The molecule has 1 aromatic heterocycles. The maximum absolute atomic E-state index is 10.9. The van der Waals surface area contributed by atoms with Crippen LogP contribution in [0.3, 0.4) is 0 Å². The molecule has 80 valence electrons. The summed E-state index contributed by atoms with van der Waals surface area (Å²) >= 11 is 0. The number of aromatic amines is 1. The van der Waals surface area contributed by atoms with Crippen LogP contribution in [0.1, 0.15) is 18.4 Å². The van der Waals surface area contributed by atoms with E-state index in [0.29, 0.717) is 5.58 Å². The van der Waals surface area contributed by atoms with Gasteiger partial charge in [-0.3, -0.25) is 4.98 Å². The molecular weight excluding hydrogens is 194 g/mol. The number of hydrogen-bond acceptors (Lipinski definition) is 3. The van der Waals surface area contributed by atoms with Crippen molar-refractivity contribution in [2.45, 2.75) is 19.3 Å². The summed E-state index contributed by atoms with van der Waals surface area (Å²) < 4.78 is 4.95. The van der Waals surface area contributed by atoms with Crippen LogP contribution in [0.5, 0.6) is 0 Å². The van der Waals surface area contributed by atoms with Gasteiger partial charge >= 0.3 is 5.76 Å². The molecule has 0 fully saturated rings. The van der Waals surface area contributed by atoms with Crippen molar-refractivity contribution < 1.29 is 9.52 Å². The molecule has 2 aromatic rings. The fourth-order valence-electron chi connectivity index (χ4n) is 1.59. The number of hydrogen-bond donors (Lipinski definition) is 2. The van der Waals surface area contributed by atoms with E-state index >= 15 is 0 Å². The number of benzene rings is 1. The molecule has 0 spiro atoms. The zero-order chi connectivity index (χ0) is 10.7. The van der Waals surface area contributed by atoms with Crippen LogP contribution < -0.4 is 5.76 Å². The summed E-state index contributed by atoms with van der Waals surface area (Å²) in [6.45, 7) is 0.224. The van der Waals surface area contributed by atoms with Gasteiger partial charge in [0.2, 0.25) is 0 Å². The monoisotopic (exact) mass is 207 g/mol. The molecule has 4 heteroatoms. The van der Waals surface area contributed by atoms with Crippen LogP contribution in [0, 0.1) is 0 Å². The molecule has 1 aromatic carbocycles. The van der Waals surface area contributed by atoms with Gasteiger partial charge in [-0.1, -0.05) is 6.07 Å². The molecule has 0 radical (unpaired) electrons. The third-order valence-corrected chi connectivity index (χ3v) is 2.36. The third kappa shape index (κ3) is 2.27. The largest absolute Gasteiger partial charge is 0.417 e. The number of H-pyrrole nitrogens is 1. The summed E-state index contributed by atoms with van der Waals surface area (Å²) in [4.78, 5) is 13.5. The second-order valence-electron chi connectivity index (χ2n) is 3.53. The van der Waals surface area contributed by atoms with Crippen molar-refractivity contribution >= 4 is 11.1 Å². The normalized spacial score (nSPS) is 11.0. The van der Waals surface area contributed by atoms with Crippen molar-refractivity contribution in [2.24, 2.45) is 0 Å². The molecule has 4 nitrogen and oxygen atoms in total. The van der Waals surface area contributed by atoms with Gasteiger partial charge in [0.25, 0.3) is 0 Å². The molecule has 0 atom stereocenters. The second-order valence-corrected chi connectivity index (χ2v) is 3.53. The minimum Gasteiger partial charge on any atom is -0.408 e. The van der Waals surface area contributed by atoms with Gasteiger partial charge in [-0.25, -0.2) is 4.79 Å². The van der Waals surface area contributed by atoms with Gasteiger partial charge in [-0.2, -0.15) is 0 Å². The van der Waals surface area contributed by atoms with Gasteiger partial charge in [0.1, 0.15) is 0 Å². The van der Waals surface area contributed by atoms with Crippen molar-refractivity contribution in [2.75, 3.05) is 6.61 Å². The molecular formula is C11H13NO3. The topological polar surface area (TPSA) is 66.2 Å². The van der Waals surface area contributed by atoms with E-state index in [1.807, 2.05) is 18.2 Å². The fourth-order valence-corrected chi connectivity index (χ4v) is 1.59. The first-order chi connectivity index (χ1) is 7.29. The van der Waals surface area contributed by atoms with E-state index in [4.69, 9.17) is 9.52 Å². The first kappa shape index (κ1) is 9.98. The summed E-state index contributed by atoms with van der Waals surface area (Å²) in [5.74, 6) is -0.419. The standard InChI is InChI=1S/C11H13NO3/c13-6-2-1-3-8-4-5-9-10(7-8)15-11(14)12-9/h4-5,7,13H,1-3,6H2,(H,12,14). The number of aliphatic hydroxyl groups is 1. The van der Waals surface area contributed by atoms with E-state index in [0.717, 1.165) is 30.3 Å². The van der Waals surface area contributed by atoms with Crippen molar-refractivity contribution in [3.8, 4) is 0 Å². The van der Waals surface area contributed by atoms with E-state index in [-0.39, 0.29) is 6.61 Å². The van der Waals surface area contributed by atoms with Crippen LogP contribution >= 0.6 is 0 Å². The Labute approximate surface area is 86.5 Å². The maximum atomic E-state index is 10.9. The average molecular weight is 207 g/mol. The summed E-state index contributed by atoms with van der Waals surface area (Å²) in [5.41, 5.74) is 2.45. The summed E-state index contributed by atoms with van der Waals surface area (Å²) in [5, 5.41) is 8.65.